The van der Waals surface area contributed by atoms with Gasteiger partial charge in [-0.15, -0.1) is 0 Å². The summed E-state index contributed by atoms with van der Waals surface area (Å²) in [7, 11) is 0. The monoisotopic (exact) mass is 176 g/mol. The first kappa shape index (κ1) is 9.65. The third kappa shape index (κ3) is 1.83. The van der Waals surface area contributed by atoms with Crippen LogP contribution in [0.3, 0.4) is 0 Å². The topological polar surface area (TPSA) is 34.1 Å². The van der Waals surface area contributed by atoms with E-state index in [9.17, 15) is 9.59 Å². The summed E-state index contributed by atoms with van der Waals surface area (Å²) in [6.07, 6.45) is 0.366. The van der Waals surface area contributed by atoms with Crippen molar-refractivity contribution in [3.63, 3.8) is 0 Å². The lowest BCUT2D eigenvalue weighted by Gasteiger charge is -2.06. The van der Waals surface area contributed by atoms with E-state index in [4.69, 9.17) is 0 Å². The molecule has 0 spiro atoms. The number of benzene rings is 1. The van der Waals surface area contributed by atoms with Crippen molar-refractivity contribution >= 4 is 12.1 Å². The Kier molecular flexibility index (Phi) is 2.61. The molecule has 0 bridgehead atoms. The Balaban J connectivity index is 3.36. The van der Waals surface area contributed by atoms with Gasteiger partial charge >= 0.3 is 0 Å². The van der Waals surface area contributed by atoms with Gasteiger partial charge in [-0.2, -0.15) is 0 Å². The molecule has 0 unspecified atom stereocenters. The van der Waals surface area contributed by atoms with Gasteiger partial charge in [-0.3, -0.25) is 9.59 Å². The Hall–Kier alpha value is -1.44. The molecule has 1 rings (SSSR count). The van der Waals surface area contributed by atoms with Crippen LogP contribution in [0.2, 0.25) is 0 Å². The molecule has 0 amide bonds. The van der Waals surface area contributed by atoms with E-state index in [0.29, 0.717) is 11.8 Å². The van der Waals surface area contributed by atoms with Gasteiger partial charge in [-0.1, -0.05) is 17.7 Å². The summed E-state index contributed by atoms with van der Waals surface area (Å²) in [5, 5.41) is 0. The molecule has 0 saturated carbocycles. The van der Waals surface area contributed by atoms with E-state index >= 15 is 0 Å². The van der Waals surface area contributed by atoms with E-state index in [-0.39, 0.29) is 0 Å². The first-order chi connectivity index (χ1) is 6.06. The van der Waals surface area contributed by atoms with Gasteiger partial charge in [0.2, 0.25) is 5.78 Å². The lowest BCUT2D eigenvalue weighted by molar-refractivity contribution is -0.104. The molecule has 1 aromatic carbocycles. The molecule has 0 N–H and O–H groups in total. The van der Waals surface area contributed by atoms with Crippen LogP contribution >= 0.6 is 0 Å². The number of Topliss-reactive ketones (excluding diaryl/α,β-unsaturated/α-hetero) is 1. The molecule has 0 aliphatic carbocycles. The van der Waals surface area contributed by atoms with Gasteiger partial charge in [-0.25, -0.2) is 0 Å². The van der Waals surface area contributed by atoms with Crippen molar-refractivity contribution in [3.05, 3.63) is 34.4 Å². The first-order valence-corrected chi connectivity index (χ1v) is 4.13. The van der Waals surface area contributed by atoms with Crippen LogP contribution in [0.15, 0.2) is 12.1 Å². The Morgan fingerprint density at radius 2 is 1.62 bits per heavy atom. The second-order valence-electron chi connectivity index (χ2n) is 3.26. The number of aryl methyl sites for hydroxylation is 3. The highest BCUT2D eigenvalue weighted by Gasteiger charge is 2.10. The molecule has 0 aliphatic rings. The van der Waals surface area contributed by atoms with E-state index < -0.39 is 5.78 Å². The molecule has 0 aromatic heterocycles. The maximum absolute atomic E-state index is 11.2. The molecule has 68 valence electrons. The van der Waals surface area contributed by atoms with Crippen LogP contribution in [-0.4, -0.2) is 12.1 Å². The molecule has 0 aliphatic heterocycles. The van der Waals surface area contributed by atoms with Gasteiger partial charge in [0.15, 0.2) is 6.29 Å². The maximum Gasteiger partial charge on any atom is 0.225 e. The normalized spacial score (nSPS) is 9.77. The minimum atomic E-state index is -0.435. The fraction of sp³-hybridized carbons (Fsp3) is 0.273. The molecule has 0 heterocycles. The highest BCUT2D eigenvalue weighted by Crippen LogP contribution is 2.15. The molecule has 0 radical (unpaired) electrons. The summed E-state index contributed by atoms with van der Waals surface area (Å²) in [6.45, 7) is 5.66. The lowest BCUT2D eigenvalue weighted by Crippen LogP contribution is -2.05. The highest BCUT2D eigenvalue weighted by molar-refractivity contribution is 6.34. The molecule has 2 nitrogen and oxygen atoms in total. The second kappa shape index (κ2) is 3.52. The van der Waals surface area contributed by atoms with Crippen LogP contribution in [0.1, 0.15) is 27.0 Å². The third-order valence-corrected chi connectivity index (χ3v) is 2.03. The van der Waals surface area contributed by atoms with Gasteiger partial charge in [0.05, 0.1) is 0 Å². The fourth-order valence-electron chi connectivity index (χ4n) is 1.63. The van der Waals surface area contributed by atoms with Crippen LogP contribution in [-0.2, 0) is 4.79 Å². The Morgan fingerprint density at radius 1 is 1.15 bits per heavy atom. The average Bonchev–Trinajstić information content (AvgIpc) is 2.02. The Labute approximate surface area is 77.6 Å². The summed E-state index contributed by atoms with van der Waals surface area (Å²) in [4.78, 5) is 21.5. The zero-order chi connectivity index (χ0) is 10.0. The smallest absolute Gasteiger partial charge is 0.225 e. The van der Waals surface area contributed by atoms with Crippen molar-refractivity contribution in [3.8, 4) is 0 Å². The van der Waals surface area contributed by atoms with Gasteiger partial charge < -0.3 is 0 Å². The number of hydrogen-bond acceptors (Lipinski definition) is 2. The van der Waals surface area contributed by atoms with E-state index in [1.54, 1.807) is 0 Å². The molecule has 1 aromatic rings. The first-order valence-electron chi connectivity index (χ1n) is 4.13. The minimum absolute atomic E-state index is 0.366. The number of rotatable bonds is 2. The van der Waals surface area contributed by atoms with E-state index in [1.165, 1.54) is 0 Å². The highest BCUT2D eigenvalue weighted by atomic mass is 16.2. The summed E-state index contributed by atoms with van der Waals surface area (Å²) < 4.78 is 0. The Morgan fingerprint density at radius 3 is 2.00 bits per heavy atom. The summed E-state index contributed by atoms with van der Waals surface area (Å²) in [6, 6.07) is 3.81. The predicted molar refractivity (Wildman–Crippen MR) is 51.0 cm³/mol. The summed E-state index contributed by atoms with van der Waals surface area (Å²) >= 11 is 0. The average molecular weight is 176 g/mol. The number of carbonyl (C=O) groups is 2. The number of ketones is 1. The lowest BCUT2D eigenvalue weighted by atomic mass is 9.97. The van der Waals surface area contributed by atoms with Crippen molar-refractivity contribution < 1.29 is 9.59 Å². The van der Waals surface area contributed by atoms with Crippen molar-refractivity contribution in [2.45, 2.75) is 20.8 Å². The summed E-state index contributed by atoms with van der Waals surface area (Å²) in [5.74, 6) is -0.435. The molecule has 0 atom stereocenters. The van der Waals surface area contributed by atoms with Gasteiger partial charge in [0.1, 0.15) is 0 Å². The van der Waals surface area contributed by atoms with Crippen molar-refractivity contribution in [2.24, 2.45) is 0 Å². The summed E-state index contributed by atoms with van der Waals surface area (Å²) in [5.41, 5.74) is 3.39. The van der Waals surface area contributed by atoms with Crippen LogP contribution in [0, 0.1) is 20.8 Å². The van der Waals surface area contributed by atoms with Gasteiger partial charge in [-0.05, 0) is 31.9 Å². The zero-order valence-corrected chi connectivity index (χ0v) is 8.05. The molecule has 2 heteroatoms. The van der Waals surface area contributed by atoms with Crippen molar-refractivity contribution in [1.82, 2.24) is 0 Å². The van der Waals surface area contributed by atoms with Crippen molar-refractivity contribution in [2.75, 3.05) is 0 Å². The van der Waals surface area contributed by atoms with Crippen molar-refractivity contribution in [1.29, 1.82) is 0 Å². The fourth-order valence-corrected chi connectivity index (χ4v) is 1.63. The SMILES string of the molecule is Cc1cc(C)c(C(=O)C=O)c(C)c1. The van der Waals surface area contributed by atoms with Gasteiger partial charge in [0, 0.05) is 5.56 Å². The maximum atomic E-state index is 11.2. The van der Waals surface area contributed by atoms with E-state index in [1.807, 2.05) is 32.9 Å². The molecule has 0 saturated heterocycles. The number of aldehydes is 1. The minimum Gasteiger partial charge on any atom is -0.294 e. The van der Waals surface area contributed by atoms with Crippen LogP contribution in [0.4, 0.5) is 0 Å². The molecule has 13 heavy (non-hydrogen) atoms. The predicted octanol–water partition coefficient (Wildman–Crippen LogP) is 1.99. The van der Waals surface area contributed by atoms with Crippen LogP contribution in [0.25, 0.3) is 0 Å². The second-order valence-corrected chi connectivity index (χ2v) is 3.26. The molecular weight excluding hydrogens is 164 g/mol. The quantitative estimate of drug-likeness (QED) is 0.392. The number of hydrogen-bond donors (Lipinski definition) is 0. The van der Waals surface area contributed by atoms with E-state index in [2.05, 4.69) is 0 Å². The standard InChI is InChI=1S/C11H12O2/c1-7-4-8(2)11(9(3)5-7)10(13)6-12/h4-6H,1-3H3. The largest absolute Gasteiger partial charge is 0.294 e. The molecular formula is C11H12O2. The third-order valence-electron chi connectivity index (χ3n) is 2.03. The van der Waals surface area contributed by atoms with Crippen LogP contribution in [0.5, 0.6) is 0 Å². The van der Waals surface area contributed by atoms with Crippen LogP contribution < -0.4 is 0 Å². The van der Waals surface area contributed by atoms with Gasteiger partial charge in [0.25, 0.3) is 0 Å². The van der Waals surface area contributed by atoms with E-state index in [0.717, 1.165) is 16.7 Å². The zero-order valence-electron chi connectivity index (χ0n) is 8.05. The Bertz CT molecular complexity index is 341. The molecule has 0 fully saturated rings. The number of carbonyl (C=O) groups excluding carboxylic acids is 2.